The second-order valence-electron chi connectivity index (χ2n) is 3.07. The molecule has 58 valence electrons. The first-order valence-corrected chi connectivity index (χ1v) is 4.06. The van der Waals surface area contributed by atoms with Crippen LogP contribution in [0.25, 0.3) is 0 Å². The molecule has 11 heavy (non-hydrogen) atoms. The van der Waals surface area contributed by atoms with E-state index in [-0.39, 0.29) is 6.04 Å². The SMILES string of the molecule is N[C@H]1CCCc2ccncc21. The predicted octanol–water partition coefficient (Wildman–Crippen LogP) is 1.42. The zero-order chi connectivity index (χ0) is 7.68. The Hall–Kier alpha value is -0.890. The average molecular weight is 148 g/mol. The first-order chi connectivity index (χ1) is 5.38. The number of pyridine rings is 1. The highest BCUT2D eigenvalue weighted by molar-refractivity contribution is 5.28. The Morgan fingerprint density at radius 1 is 1.55 bits per heavy atom. The molecule has 0 fully saturated rings. The maximum atomic E-state index is 5.91. The lowest BCUT2D eigenvalue weighted by atomic mass is 9.90. The minimum Gasteiger partial charge on any atom is -0.324 e. The topological polar surface area (TPSA) is 38.9 Å². The third-order valence-electron chi connectivity index (χ3n) is 2.31. The number of fused-ring (bicyclic) bond motifs is 1. The van der Waals surface area contributed by atoms with E-state index < -0.39 is 0 Å². The summed E-state index contributed by atoms with van der Waals surface area (Å²) >= 11 is 0. The second-order valence-corrected chi connectivity index (χ2v) is 3.07. The number of hydrogen-bond donors (Lipinski definition) is 1. The molecule has 2 rings (SSSR count). The van der Waals surface area contributed by atoms with Gasteiger partial charge in [-0.05, 0) is 36.5 Å². The fourth-order valence-electron chi connectivity index (χ4n) is 1.66. The van der Waals surface area contributed by atoms with Gasteiger partial charge in [0.05, 0.1) is 0 Å². The summed E-state index contributed by atoms with van der Waals surface area (Å²) in [7, 11) is 0. The van der Waals surface area contributed by atoms with Gasteiger partial charge < -0.3 is 5.73 Å². The third-order valence-corrected chi connectivity index (χ3v) is 2.31. The van der Waals surface area contributed by atoms with E-state index in [4.69, 9.17) is 5.73 Å². The van der Waals surface area contributed by atoms with Gasteiger partial charge in [-0.1, -0.05) is 0 Å². The fourth-order valence-corrected chi connectivity index (χ4v) is 1.66. The maximum absolute atomic E-state index is 5.91. The van der Waals surface area contributed by atoms with Gasteiger partial charge in [0.1, 0.15) is 0 Å². The van der Waals surface area contributed by atoms with Crippen LogP contribution in [-0.4, -0.2) is 4.98 Å². The fraction of sp³-hybridized carbons (Fsp3) is 0.444. The molecule has 1 heterocycles. The van der Waals surface area contributed by atoms with Crippen molar-refractivity contribution in [1.82, 2.24) is 4.98 Å². The van der Waals surface area contributed by atoms with Crippen LogP contribution >= 0.6 is 0 Å². The maximum Gasteiger partial charge on any atom is 0.0318 e. The summed E-state index contributed by atoms with van der Waals surface area (Å²) in [5.74, 6) is 0. The number of aryl methyl sites for hydroxylation is 1. The highest BCUT2D eigenvalue weighted by Gasteiger charge is 2.15. The van der Waals surface area contributed by atoms with E-state index in [1.54, 1.807) is 0 Å². The number of nitrogens with two attached hydrogens (primary N) is 1. The normalized spacial score (nSPS) is 22.8. The minimum absolute atomic E-state index is 0.229. The van der Waals surface area contributed by atoms with Crippen LogP contribution in [0.15, 0.2) is 18.5 Å². The van der Waals surface area contributed by atoms with Crippen molar-refractivity contribution in [3.05, 3.63) is 29.6 Å². The Bertz CT molecular complexity index is 257. The van der Waals surface area contributed by atoms with Crippen LogP contribution in [0.1, 0.15) is 30.0 Å². The Labute approximate surface area is 66.4 Å². The highest BCUT2D eigenvalue weighted by atomic mass is 14.7. The van der Waals surface area contributed by atoms with Crippen molar-refractivity contribution in [2.75, 3.05) is 0 Å². The van der Waals surface area contributed by atoms with E-state index in [0.29, 0.717) is 0 Å². The zero-order valence-corrected chi connectivity index (χ0v) is 6.46. The van der Waals surface area contributed by atoms with Crippen molar-refractivity contribution in [2.45, 2.75) is 25.3 Å². The molecule has 0 saturated carbocycles. The monoisotopic (exact) mass is 148 g/mol. The van der Waals surface area contributed by atoms with Crippen LogP contribution in [0.3, 0.4) is 0 Å². The van der Waals surface area contributed by atoms with Gasteiger partial charge in [-0.2, -0.15) is 0 Å². The second kappa shape index (κ2) is 2.62. The van der Waals surface area contributed by atoms with E-state index in [1.165, 1.54) is 24.0 Å². The molecule has 0 bridgehead atoms. The van der Waals surface area contributed by atoms with Crippen molar-refractivity contribution >= 4 is 0 Å². The van der Waals surface area contributed by atoms with E-state index >= 15 is 0 Å². The molecule has 2 heteroatoms. The molecule has 1 atom stereocenters. The van der Waals surface area contributed by atoms with Gasteiger partial charge in [-0.15, -0.1) is 0 Å². The summed E-state index contributed by atoms with van der Waals surface area (Å²) < 4.78 is 0. The summed E-state index contributed by atoms with van der Waals surface area (Å²) in [6, 6.07) is 2.31. The zero-order valence-electron chi connectivity index (χ0n) is 6.46. The summed E-state index contributed by atoms with van der Waals surface area (Å²) in [6.45, 7) is 0. The summed E-state index contributed by atoms with van der Waals surface area (Å²) in [6.07, 6.45) is 7.25. The van der Waals surface area contributed by atoms with Crippen LogP contribution in [0, 0.1) is 0 Å². The highest BCUT2D eigenvalue weighted by Crippen LogP contribution is 2.26. The molecule has 0 amide bonds. The Morgan fingerprint density at radius 3 is 3.27 bits per heavy atom. The Kier molecular flexibility index (Phi) is 1.62. The molecule has 1 aliphatic rings. The lowest BCUT2D eigenvalue weighted by Gasteiger charge is -2.20. The quantitative estimate of drug-likeness (QED) is 0.604. The first-order valence-electron chi connectivity index (χ1n) is 4.06. The molecule has 2 N–H and O–H groups in total. The minimum atomic E-state index is 0.229. The molecule has 2 nitrogen and oxygen atoms in total. The van der Waals surface area contributed by atoms with Crippen molar-refractivity contribution in [2.24, 2.45) is 5.73 Å². The summed E-state index contributed by atoms with van der Waals surface area (Å²) in [5, 5.41) is 0. The summed E-state index contributed by atoms with van der Waals surface area (Å²) in [4.78, 5) is 4.07. The van der Waals surface area contributed by atoms with Gasteiger partial charge in [0.2, 0.25) is 0 Å². The van der Waals surface area contributed by atoms with Gasteiger partial charge >= 0.3 is 0 Å². The number of rotatable bonds is 0. The van der Waals surface area contributed by atoms with Crippen molar-refractivity contribution in [3.8, 4) is 0 Å². The largest absolute Gasteiger partial charge is 0.324 e. The summed E-state index contributed by atoms with van der Waals surface area (Å²) in [5.41, 5.74) is 8.54. The Morgan fingerprint density at radius 2 is 2.45 bits per heavy atom. The van der Waals surface area contributed by atoms with E-state index in [2.05, 4.69) is 11.1 Å². The molecular formula is C9H12N2. The number of hydrogen-bond acceptors (Lipinski definition) is 2. The molecule has 1 aliphatic carbocycles. The van der Waals surface area contributed by atoms with Crippen LogP contribution in [-0.2, 0) is 6.42 Å². The van der Waals surface area contributed by atoms with Crippen molar-refractivity contribution < 1.29 is 0 Å². The predicted molar refractivity (Wildman–Crippen MR) is 44.1 cm³/mol. The molecule has 0 aliphatic heterocycles. The number of aromatic nitrogens is 1. The van der Waals surface area contributed by atoms with E-state index in [9.17, 15) is 0 Å². The van der Waals surface area contributed by atoms with Crippen LogP contribution in [0.2, 0.25) is 0 Å². The lowest BCUT2D eigenvalue weighted by Crippen LogP contribution is -2.17. The smallest absolute Gasteiger partial charge is 0.0318 e. The average Bonchev–Trinajstić information content (AvgIpc) is 2.06. The van der Waals surface area contributed by atoms with Gasteiger partial charge in [0, 0.05) is 18.4 Å². The molecule has 0 spiro atoms. The van der Waals surface area contributed by atoms with E-state index in [0.717, 1.165) is 6.42 Å². The number of nitrogens with zero attached hydrogens (tertiary/aromatic N) is 1. The van der Waals surface area contributed by atoms with Gasteiger partial charge in [0.15, 0.2) is 0 Å². The molecule has 0 unspecified atom stereocenters. The van der Waals surface area contributed by atoms with E-state index in [1.807, 2.05) is 12.4 Å². The van der Waals surface area contributed by atoms with Crippen LogP contribution in [0.4, 0.5) is 0 Å². The molecule has 1 aromatic heterocycles. The molecule has 0 saturated heterocycles. The lowest BCUT2D eigenvalue weighted by molar-refractivity contribution is 0.568. The Balaban J connectivity index is 2.44. The van der Waals surface area contributed by atoms with Crippen molar-refractivity contribution in [1.29, 1.82) is 0 Å². The van der Waals surface area contributed by atoms with Gasteiger partial charge in [-0.3, -0.25) is 4.98 Å². The third kappa shape index (κ3) is 1.14. The van der Waals surface area contributed by atoms with Crippen molar-refractivity contribution in [3.63, 3.8) is 0 Å². The van der Waals surface area contributed by atoms with Crippen LogP contribution in [0.5, 0.6) is 0 Å². The standard InChI is InChI=1S/C9H12N2/c10-9-3-1-2-7-4-5-11-6-8(7)9/h4-6,9H,1-3,10H2/t9-/m0/s1. The first kappa shape index (κ1) is 6.80. The van der Waals surface area contributed by atoms with Gasteiger partial charge in [-0.25, -0.2) is 0 Å². The van der Waals surface area contributed by atoms with Gasteiger partial charge in [0.25, 0.3) is 0 Å². The molecular weight excluding hydrogens is 136 g/mol. The molecule has 1 aromatic rings. The van der Waals surface area contributed by atoms with Crippen LogP contribution < -0.4 is 5.73 Å². The molecule has 0 radical (unpaired) electrons. The molecule has 0 aromatic carbocycles.